The third kappa shape index (κ3) is 4.48. The number of carbonyl (C=O) groups excluding carboxylic acids is 2. The standard InChI is InChI=1S/C18H26ClN3O2/c1-11(2)9-17(23)21-14-5-6-16(19)15(10-14)18(24)22-8-7-20-12(3)13(22)4/h5-6,10-13,20H,7-9H2,1-4H3,(H,21,23). The van der Waals surface area contributed by atoms with Gasteiger partial charge in [0.25, 0.3) is 5.91 Å². The van der Waals surface area contributed by atoms with Crippen LogP contribution in [0.5, 0.6) is 0 Å². The lowest BCUT2D eigenvalue weighted by atomic mass is 10.0. The van der Waals surface area contributed by atoms with E-state index in [9.17, 15) is 9.59 Å². The summed E-state index contributed by atoms with van der Waals surface area (Å²) in [5.74, 6) is 0.122. The molecule has 0 saturated carbocycles. The van der Waals surface area contributed by atoms with E-state index in [2.05, 4.69) is 17.6 Å². The minimum atomic E-state index is -0.0965. The summed E-state index contributed by atoms with van der Waals surface area (Å²) in [5, 5.41) is 6.60. The first kappa shape index (κ1) is 18.7. The predicted octanol–water partition coefficient (Wildman–Crippen LogP) is 3.15. The largest absolute Gasteiger partial charge is 0.333 e. The van der Waals surface area contributed by atoms with Crippen LogP contribution in [-0.2, 0) is 4.79 Å². The van der Waals surface area contributed by atoms with Crippen molar-refractivity contribution in [1.82, 2.24) is 10.2 Å². The van der Waals surface area contributed by atoms with Gasteiger partial charge in [0.1, 0.15) is 0 Å². The highest BCUT2D eigenvalue weighted by Crippen LogP contribution is 2.24. The van der Waals surface area contributed by atoms with Crippen molar-refractivity contribution in [2.45, 2.75) is 46.2 Å². The van der Waals surface area contributed by atoms with Crippen molar-refractivity contribution in [3.8, 4) is 0 Å². The Morgan fingerprint density at radius 1 is 1.38 bits per heavy atom. The van der Waals surface area contributed by atoms with Gasteiger partial charge in [-0.1, -0.05) is 25.4 Å². The van der Waals surface area contributed by atoms with Crippen LogP contribution in [-0.4, -0.2) is 41.9 Å². The number of hydrogen-bond acceptors (Lipinski definition) is 3. The molecule has 2 unspecified atom stereocenters. The average Bonchev–Trinajstić information content (AvgIpc) is 2.50. The van der Waals surface area contributed by atoms with Gasteiger partial charge >= 0.3 is 0 Å². The van der Waals surface area contributed by atoms with E-state index in [1.807, 2.05) is 25.7 Å². The van der Waals surface area contributed by atoms with Gasteiger partial charge in [-0.05, 0) is 38.0 Å². The number of piperazine rings is 1. The number of hydrogen-bond donors (Lipinski definition) is 2. The Labute approximate surface area is 148 Å². The van der Waals surface area contributed by atoms with E-state index in [1.54, 1.807) is 18.2 Å². The normalized spacial score (nSPS) is 21.0. The molecule has 2 rings (SSSR count). The molecule has 1 aliphatic rings. The predicted molar refractivity (Wildman–Crippen MR) is 97.5 cm³/mol. The van der Waals surface area contributed by atoms with E-state index >= 15 is 0 Å². The van der Waals surface area contributed by atoms with E-state index in [1.165, 1.54) is 0 Å². The van der Waals surface area contributed by atoms with Crippen molar-refractivity contribution in [2.24, 2.45) is 5.92 Å². The molecule has 0 aromatic heterocycles. The molecule has 1 heterocycles. The fraction of sp³-hybridized carbons (Fsp3) is 0.556. The van der Waals surface area contributed by atoms with Crippen LogP contribution in [0.4, 0.5) is 5.69 Å². The Morgan fingerprint density at radius 3 is 2.75 bits per heavy atom. The average molecular weight is 352 g/mol. The lowest BCUT2D eigenvalue weighted by Gasteiger charge is -2.38. The number of nitrogens with one attached hydrogen (secondary N) is 2. The molecular formula is C18H26ClN3O2. The number of halogens is 1. The molecule has 5 nitrogen and oxygen atoms in total. The summed E-state index contributed by atoms with van der Waals surface area (Å²) < 4.78 is 0. The smallest absolute Gasteiger partial charge is 0.255 e. The summed E-state index contributed by atoms with van der Waals surface area (Å²) in [6.07, 6.45) is 0.443. The van der Waals surface area contributed by atoms with Gasteiger partial charge in [0, 0.05) is 37.3 Å². The zero-order chi connectivity index (χ0) is 17.9. The fourth-order valence-electron chi connectivity index (χ4n) is 2.85. The van der Waals surface area contributed by atoms with Gasteiger partial charge in [0.2, 0.25) is 5.91 Å². The molecule has 0 spiro atoms. The van der Waals surface area contributed by atoms with Crippen molar-refractivity contribution in [3.63, 3.8) is 0 Å². The highest BCUT2D eigenvalue weighted by Gasteiger charge is 2.29. The summed E-state index contributed by atoms with van der Waals surface area (Å²) in [6, 6.07) is 5.37. The Hall–Kier alpha value is -1.59. The zero-order valence-electron chi connectivity index (χ0n) is 14.7. The summed E-state index contributed by atoms with van der Waals surface area (Å²) in [7, 11) is 0. The third-order valence-electron chi connectivity index (χ3n) is 4.37. The van der Waals surface area contributed by atoms with Gasteiger partial charge in [-0.3, -0.25) is 9.59 Å². The maximum atomic E-state index is 12.9. The minimum Gasteiger partial charge on any atom is -0.333 e. The van der Waals surface area contributed by atoms with Crippen LogP contribution >= 0.6 is 11.6 Å². The number of anilines is 1. The highest BCUT2D eigenvalue weighted by atomic mass is 35.5. The number of rotatable bonds is 4. The van der Waals surface area contributed by atoms with E-state index < -0.39 is 0 Å². The molecule has 1 fully saturated rings. The second kappa shape index (κ2) is 7.99. The molecule has 24 heavy (non-hydrogen) atoms. The first-order valence-corrected chi connectivity index (χ1v) is 8.81. The van der Waals surface area contributed by atoms with E-state index in [4.69, 9.17) is 11.6 Å². The quantitative estimate of drug-likeness (QED) is 0.876. The van der Waals surface area contributed by atoms with Crippen molar-refractivity contribution in [1.29, 1.82) is 0 Å². The molecule has 1 aromatic carbocycles. The molecule has 2 amide bonds. The van der Waals surface area contributed by atoms with E-state index in [-0.39, 0.29) is 29.8 Å². The number of amides is 2. The van der Waals surface area contributed by atoms with Gasteiger partial charge in [0.15, 0.2) is 0 Å². The van der Waals surface area contributed by atoms with Crippen LogP contribution in [0.25, 0.3) is 0 Å². The van der Waals surface area contributed by atoms with E-state index in [0.29, 0.717) is 29.2 Å². The number of carbonyl (C=O) groups is 2. The Kier molecular flexibility index (Phi) is 6.24. The fourth-order valence-corrected chi connectivity index (χ4v) is 3.05. The van der Waals surface area contributed by atoms with Crippen LogP contribution in [0.3, 0.4) is 0 Å². The Balaban J connectivity index is 2.18. The summed E-state index contributed by atoms with van der Waals surface area (Å²) >= 11 is 6.24. The Morgan fingerprint density at radius 2 is 2.08 bits per heavy atom. The maximum Gasteiger partial charge on any atom is 0.255 e. The molecule has 0 bridgehead atoms. The molecule has 0 aliphatic carbocycles. The van der Waals surface area contributed by atoms with Crippen molar-refractivity contribution < 1.29 is 9.59 Å². The molecule has 0 radical (unpaired) electrons. The van der Waals surface area contributed by atoms with Gasteiger partial charge in [-0.15, -0.1) is 0 Å². The summed E-state index contributed by atoms with van der Waals surface area (Å²) in [6.45, 7) is 9.47. The van der Waals surface area contributed by atoms with Crippen LogP contribution < -0.4 is 10.6 Å². The topological polar surface area (TPSA) is 61.4 Å². The van der Waals surface area contributed by atoms with Gasteiger partial charge in [-0.2, -0.15) is 0 Å². The molecule has 1 saturated heterocycles. The summed E-state index contributed by atoms with van der Waals surface area (Å²) in [5.41, 5.74) is 1.03. The molecule has 1 aliphatic heterocycles. The second-order valence-corrected chi connectivity index (χ2v) is 7.23. The lowest BCUT2D eigenvalue weighted by Crippen LogP contribution is -2.57. The second-order valence-electron chi connectivity index (χ2n) is 6.82. The van der Waals surface area contributed by atoms with E-state index in [0.717, 1.165) is 6.54 Å². The maximum absolute atomic E-state index is 12.9. The molecule has 2 atom stereocenters. The first-order valence-electron chi connectivity index (χ1n) is 8.43. The molecule has 6 heteroatoms. The van der Waals surface area contributed by atoms with Gasteiger partial charge in [0.05, 0.1) is 10.6 Å². The first-order chi connectivity index (χ1) is 11.3. The molecule has 132 valence electrons. The SMILES string of the molecule is CC(C)CC(=O)Nc1ccc(Cl)c(C(=O)N2CCNC(C)C2C)c1. The number of nitrogens with zero attached hydrogens (tertiary/aromatic N) is 1. The van der Waals surface area contributed by atoms with Crippen LogP contribution in [0.15, 0.2) is 18.2 Å². The van der Waals surface area contributed by atoms with Crippen LogP contribution in [0.2, 0.25) is 5.02 Å². The van der Waals surface area contributed by atoms with Gasteiger partial charge in [-0.25, -0.2) is 0 Å². The molecule has 2 N–H and O–H groups in total. The van der Waals surface area contributed by atoms with Gasteiger partial charge < -0.3 is 15.5 Å². The molecular weight excluding hydrogens is 326 g/mol. The monoisotopic (exact) mass is 351 g/mol. The van der Waals surface area contributed by atoms with Crippen LogP contribution in [0.1, 0.15) is 44.5 Å². The third-order valence-corrected chi connectivity index (χ3v) is 4.70. The Bertz CT molecular complexity index is 618. The lowest BCUT2D eigenvalue weighted by molar-refractivity contribution is -0.116. The zero-order valence-corrected chi connectivity index (χ0v) is 15.5. The van der Waals surface area contributed by atoms with Crippen molar-refractivity contribution in [3.05, 3.63) is 28.8 Å². The number of benzene rings is 1. The van der Waals surface area contributed by atoms with Crippen molar-refractivity contribution in [2.75, 3.05) is 18.4 Å². The highest BCUT2D eigenvalue weighted by molar-refractivity contribution is 6.34. The minimum absolute atomic E-state index is 0.0603. The van der Waals surface area contributed by atoms with Crippen LogP contribution in [0, 0.1) is 5.92 Å². The summed E-state index contributed by atoms with van der Waals surface area (Å²) in [4.78, 5) is 26.7. The molecule has 1 aromatic rings. The van der Waals surface area contributed by atoms with Crippen molar-refractivity contribution >= 4 is 29.1 Å².